The molecule has 0 aliphatic heterocycles. The van der Waals surface area contributed by atoms with Crippen LogP contribution >= 0.6 is 0 Å². The summed E-state index contributed by atoms with van der Waals surface area (Å²) in [4.78, 5) is 0. The maximum atomic E-state index is 11.5. The predicted molar refractivity (Wildman–Crippen MR) is 95.3 cm³/mol. The summed E-state index contributed by atoms with van der Waals surface area (Å²) < 4.78 is 34.4. The zero-order valence-electron chi connectivity index (χ0n) is 15.4. The van der Waals surface area contributed by atoms with Crippen LogP contribution in [0.1, 0.15) is 88.4 Å². The Morgan fingerprint density at radius 3 is 1.75 bits per heavy atom. The summed E-state index contributed by atoms with van der Waals surface area (Å²) in [6, 6.07) is 8.86. The maximum Gasteiger partial charge on any atom is 1.00 e. The van der Waals surface area contributed by atoms with Crippen LogP contribution in [0.5, 0.6) is 0 Å². The Labute approximate surface area is 170 Å². The van der Waals surface area contributed by atoms with Crippen LogP contribution in [0.25, 0.3) is 0 Å². The van der Waals surface area contributed by atoms with Crippen molar-refractivity contribution in [1.29, 1.82) is 0 Å². The molecule has 1 rings (SSSR count). The Balaban J connectivity index is 0.00000529. The molecule has 0 amide bonds. The SMILES string of the molecule is CCCCCCCCCCCCC(c1ccccc1)S(=O)(=O)[O-].[Na+]. The van der Waals surface area contributed by atoms with Gasteiger partial charge < -0.3 is 4.55 Å². The van der Waals surface area contributed by atoms with Gasteiger partial charge in [-0.15, -0.1) is 0 Å². The standard InChI is InChI=1S/C19H32O3S.Na/c1-2-3-4-5-6-7-8-9-10-14-17-19(23(20,21)22)18-15-12-11-13-16-18;/h11-13,15-16,19H,2-10,14,17H2,1H3,(H,20,21,22);/q;+1/p-1. The van der Waals surface area contributed by atoms with Gasteiger partial charge in [0.15, 0.2) is 0 Å². The van der Waals surface area contributed by atoms with Crippen molar-refractivity contribution in [2.45, 2.75) is 82.8 Å². The van der Waals surface area contributed by atoms with Crippen LogP contribution in [0.15, 0.2) is 30.3 Å². The molecule has 132 valence electrons. The molecule has 0 fully saturated rings. The van der Waals surface area contributed by atoms with Crippen LogP contribution in [-0.2, 0) is 10.1 Å². The van der Waals surface area contributed by atoms with Gasteiger partial charge in [0.05, 0.1) is 5.25 Å². The summed E-state index contributed by atoms with van der Waals surface area (Å²) in [6.07, 6.45) is 12.5. The van der Waals surface area contributed by atoms with Gasteiger partial charge in [0.25, 0.3) is 0 Å². The van der Waals surface area contributed by atoms with Crippen molar-refractivity contribution in [3.63, 3.8) is 0 Å². The van der Waals surface area contributed by atoms with E-state index in [4.69, 9.17) is 0 Å². The van der Waals surface area contributed by atoms with Crippen molar-refractivity contribution in [3.05, 3.63) is 35.9 Å². The monoisotopic (exact) mass is 362 g/mol. The Kier molecular flexibility index (Phi) is 14.4. The first-order valence-corrected chi connectivity index (χ1v) is 10.5. The molecular weight excluding hydrogens is 331 g/mol. The van der Waals surface area contributed by atoms with E-state index >= 15 is 0 Å². The summed E-state index contributed by atoms with van der Waals surface area (Å²) in [6.45, 7) is 2.23. The zero-order valence-corrected chi connectivity index (χ0v) is 18.2. The molecule has 5 heteroatoms. The molecule has 1 aromatic rings. The fraction of sp³-hybridized carbons (Fsp3) is 0.684. The van der Waals surface area contributed by atoms with Crippen LogP contribution in [0.4, 0.5) is 0 Å². The van der Waals surface area contributed by atoms with E-state index in [0.29, 0.717) is 12.0 Å². The average molecular weight is 363 g/mol. The van der Waals surface area contributed by atoms with Crippen LogP contribution in [-0.4, -0.2) is 13.0 Å². The molecule has 0 aliphatic rings. The number of benzene rings is 1. The third-order valence-electron chi connectivity index (χ3n) is 4.34. The van der Waals surface area contributed by atoms with E-state index in [2.05, 4.69) is 6.92 Å². The molecule has 0 bridgehead atoms. The van der Waals surface area contributed by atoms with Crippen LogP contribution in [0.2, 0.25) is 0 Å². The van der Waals surface area contributed by atoms with Crippen molar-refractivity contribution < 1.29 is 42.5 Å². The molecule has 0 heterocycles. The van der Waals surface area contributed by atoms with Gasteiger partial charge in [-0.3, -0.25) is 0 Å². The topological polar surface area (TPSA) is 57.2 Å². The average Bonchev–Trinajstić information content (AvgIpc) is 2.52. The molecule has 0 aromatic heterocycles. The summed E-state index contributed by atoms with van der Waals surface area (Å²) in [5.74, 6) is 0. The van der Waals surface area contributed by atoms with Crippen LogP contribution in [0.3, 0.4) is 0 Å². The van der Waals surface area contributed by atoms with E-state index in [9.17, 15) is 13.0 Å². The zero-order chi connectivity index (χ0) is 17.0. The number of rotatable bonds is 13. The van der Waals surface area contributed by atoms with Gasteiger partial charge >= 0.3 is 29.6 Å². The second-order valence-electron chi connectivity index (χ2n) is 6.36. The van der Waals surface area contributed by atoms with E-state index in [0.717, 1.165) is 19.3 Å². The van der Waals surface area contributed by atoms with Crippen LogP contribution < -0.4 is 29.6 Å². The van der Waals surface area contributed by atoms with Gasteiger partial charge in [-0.05, 0) is 12.0 Å². The summed E-state index contributed by atoms with van der Waals surface area (Å²) >= 11 is 0. The first-order chi connectivity index (χ1) is 11.1. The van der Waals surface area contributed by atoms with E-state index in [1.165, 1.54) is 44.9 Å². The minimum atomic E-state index is -4.28. The fourth-order valence-electron chi connectivity index (χ4n) is 2.96. The van der Waals surface area contributed by atoms with Crippen molar-refractivity contribution in [3.8, 4) is 0 Å². The molecule has 0 spiro atoms. The molecule has 0 N–H and O–H groups in total. The Hall–Kier alpha value is 0.130. The van der Waals surface area contributed by atoms with Gasteiger partial charge in [0, 0.05) is 0 Å². The van der Waals surface area contributed by atoms with E-state index < -0.39 is 15.4 Å². The minimum Gasteiger partial charge on any atom is -0.747 e. The molecule has 1 unspecified atom stereocenters. The Morgan fingerprint density at radius 1 is 0.833 bits per heavy atom. The van der Waals surface area contributed by atoms with Crippen molar-refractivity contribution in [1.82, 2.24) is 0 Å². The van der Waals surface area contributed by atoms with Gasteiger partial charge in [0.1, 0.15) is 10.1 Å². The van der Waals surface area contributed by atoms with Crippen LogP contribution in [0, 0.1) is 0 Å². The molecular formula is C19H31NaO3S. The second kappa shape index (κ2) is 14.3. The van der Waals surface area contributed by atoms with Gasteiger partial charge in [0.2, 0.25) is 0 Å². The Bertz CT molecular complexity index is 503. The van der Waals surface area contributed by atoms with E-state index in [1.807, 2.05) is 6.07 Å². The third-order valence-corrected chi connectivity index (χ3v) is 5.54. The number of unbranched alkanes of at least 4 members (excludes halogenated alkanes) is 9. The van der Waals surface area contributed by atoms with Crippen molar-refractivity contribution in [2.24, 2.45) is 0 Å². The van der Waals surface area contributed by atoms with E-state index in [-0.39, 0.29) is 29.6 Å². The smallest absolute Gasteiger partial charge is 0.747 e. The summed E-state index contributed by atoms with van der Waals surface area (Å²) in [5.41, 5.74) is 0.624. The predicted octanol–water partition coefficient (Wildman–Crippen LogP) is 2.59. The van der Waals surface area contributed by atoms with Crippen molar-refractivity contribution >= 4 is 10.1 Å². The molecule has 0 saturated carbocycles. The molecule has 0 radical (unpaired) electrons. The largest absolute Gasteiger partial charge is 1.00 e. The second-order valence-corrected chi connectivity index (χ2v) is 7.92. The van der Waals surface area contributed by atoms with Crippen molar-refractivity contribution in [2.75, 3.05) is 0 Å². The normalized spacial score (nSPS) is 12.6. The quantitative estimate of drug-likeness (QED) is 0.308. The first-order valence-electron chi connectivity index (χ1n) is 9.05. The number of hydrogen-bond acceptors (Lipinski definition) is 3. The molecule has 1 aromatic carbocycles. The maximum absolute atomic E-state index is 11.5. The first kappa shape index (κ1) is 24.1. The van der Waals surface area contributed by atoms with Gasteiger partial charge in [-0.25, -0.2) is 8.42 Å². The van der Waals surface area contributed by atoms with Gasteiger partial charge in [-0.2, -0.15) is 0 Å². The molecule has 24 heavy (non-hydrogen) atoms. The fourth-order valence-corrected chi connectivity index (χ4v) is 3.91. The summed E-state index contributed by atoms with van der Waals surface area (Å²) in [5, 5.41) is -0.891. The third kappa shape index (κ3) is 10.9. The van der Waals surface area contributed by atoms with Gasteiger partial charge in [-0.1, -0.05) is 101 Å². The minimum absolute atomic E-state index is 0. The van der Waals surface area contributed by atoms with E-state index in [1.54, 1.807) is 24.3 Å². The summed E-state index contributed by atoms with van der Waals surface area (Å²) in [7, 11) is -4.28. The molecule has 0 aliphatic carbocycles. The number of hydrogen-bond donors (Lipinski definition) is 0. The molecule has 1 atom stereocenters. The Morgan fingerprint density at radius 2 is 1.29 bits per heavy atom. The molecule has 3 nitrogen and oxygen atoms in total. The molecule has 0 saturated heterocycles.